The highest BCUT2D eigenvalue weighted by Crippen LogP contribution is 2.34. The first-order valence-corrected chi connectivity index (χ1v) is 7.45. The van der Waals surface area contributed by atoms with E-state index in [1.165, 1.54) is 6.26 Å². The molecule has 1 amide bonds. The minimum Gasteiger partial charge on any atom is -0.497 e. The Morgan fingerprint density at radius 3 is 3.05 bits per heavy atom. The van der Waals surface area contributed by atoms with Crippen molar-refractivity contribution in [3.63, 3.8) is 0 Å². The third kappa shape index (κ3) is 2.72. The van der Waals surface area contributed by atoms with Crippen LogP contribution in [0.4, 0.5) is 0 Å². The zero-order valence-electron chi connectivity index (χ0n) is 12.6. The second kappa shape index (κ2) is 6.23. The van der Waals surface area contributed by atoms with Crippen LogP contribution in [0.2, 0.25) is 0 Å². The number of hydrogen-bond acceptors (Lipinski definition) is 4. The van der Waals surface area contributed by atoms with Gasteiger partial charge in [0.25, 0.3) is 5.91 Å². The van der Waals surface area contributed by atoms with Crippen molar-refractivity contribution in [3.8, 4) is 5.75 Å². The lowest BCUT2D eigenvalue weighted by atomic mass is 10.0. The predicted molar refractivity (Wildman–Crippen MR) is 82.6 cm³/mol. The summed E-state index contributed by atoms with van der Waals surface area (Å²) in [5.74, 6) is 1.43. The fourth-order valence-corrected chi connectivity index (χ4v) is 2.97. The maximum atomic E-state index is 12.7. The summed E-state index contributed by atoms with van der Waals surface area (Å²) in [6, 6.07) is 9.71. The maximum absolute atomic E-state index is 12.7. The van der Waals surface area contributed by atoms with Gasteiger partial charge >= 0.3 is 0 Å². The molecule has 2 heterocycles. The van der Waals surface area contributed by atoms with Crippen molar-refractivity contribution in [1.29, 1.82) is 0 Å². The van der Waals surface area contributed by atoms with Crippen LogP contribution in [0.25, 0.3) is 0 Å². The lowest BCUT2D eigenvalue weighted by Gasteiger charge is -2.25. The normalized spacial score (nSPS) is 17.7. The largest absolute Gasteiger partial charge is 0.497 e. The van der Waals surface area contributed by atoms with Crippen LogP contribution in [0.3, 0.4) is 0 Å². The summed E-state index contributed by atoms with van der Waals surface area (Å²) in [5.41, 5.74) is 7.20. The quantitative estimate of drug-likeness (QED) is 0.942. The molecule has 22 heavy (non-hydrogen) atoms. The number of amides is 1. The SMILES string of the molecule is COc1cccc(C2CCCN2C(=O)c2coc(CN)c2)c1. The molecule has 5 heteroatoms. The van der Waals surface area contributed by atoms with Crippen molar-refractivity contribution in [1.82, 2.24) is 4.90 Å². The molecule has 0 saturated carbocycles. The predicted octanol–water partition coefficient (Wildman–Crippen LogP) is 2.72. The summed E-state index contributed by atoms with van der Waals surface area (Å²) < 4.78 is 10.6. The number of benzene rings is 1. The summed E-state index contributed by atoms with van der Waals surface area (Å²) in [7, 11) is 1.65. The molecule has 1 aromatic heterocycles. The number of furan rings is 1. The van der Waals surface area contributed by atoms with Gasteiger partial charge in [0.2, 0.25) is 0 Å². The molecule has 1 saturated heterocycles. The molecule has 0 spiro atoms. The zero-order chi connectivity index (χ0) is 15.5. The van der Waals surface area contributed by atoms with Gasteiger partial charge in [-0.15, -0.1) is 0 Å². The molecule has 0 radical (unpaired) electrons. The molecule has 1 unspecified atom stereocenters. The van der Waals surface area contributed by atoms with E-state index in [1.807, 2.05) is 29.2 Å². The number of methoxy groups -OCH3 is 1. The molecule has 2 N–H and O–H groups in total. The van der Waals surface area contributed by atoms with E-state index >= 15 is 0 Å². The number of carbonyl (C=O) groups is 1. The van der Waals surface area contributed by atoms with Crippen LogP contribution in [0.15, 0.2) is 41.0 Å². The van der Waals surface area contributed by atoms with Gasteiger partial charge in [0.05, 0.1) is 25.3 Å². The van der Waals surface area contributed by atoms with Gasteiger partial charge in [0.1, 0.15) is 17.8 Å². The Morgan fingerprint density at radius 2 is 2.32 bits per heavy atom. The van der Waals surface area contributed by atoms with Gasteiger partial charge in [-0.2, -0.15) is 0 Å². The monoisotopic (exact) mass is 300 g/mol. The molecular weight excluding hydrogens is 280 g/mol. The van der Waals surface area contributed by atoms with Crippen molar-refractivity contribution in [2.24, 2.45) is 5.73 Å². The second-order valence-electron chi connectivity index (χ2n) is 5.44. The van der Waals surface area contributed by atoms with Crippen LogP contribution in [-0.2, 0) is 6.54 Å². The molecule has 3 rings (SSSR count). The number of nitrogens with zero attached hydrogens (tertiary/aromatic N) is 1. The summed E-state index contributed by atoms with van der Waals surface area (Å²) in [4.78, 5) is 14.6. The molecule has 1 atom stereocenters. The standard InChI is InChI=1S/C17H20N2O3/c1-21-14-5-2-4-12(8-14)16-6-3-7-19(16)17(20)13-9-15(10-18)22-11-13/h2,4-5,8-9,11,16H,3,6-7,10,18H2,1H3. The van der Waals surface area contributed by atoms with E-state index in [2.05, 4.69) is 0 Å². The lowest BCUT2D eigenvalue weighted by molar-refractivity contribution is 0.0734. The fourth-order valence-electron chi connectivity index (χ4n) is 2.97. The van der Waals surface area contributed by atoms with Gasteiger partial charge in [0.15, 0.2) is 0 Å². The average Bonchev–Trinajstić information content (AvgIpc) is 3.23. The first-order chi connectivity index (χ1) is 10.7. The number of ether oxygens (including phenoxy) is 1. The van der Waals surface area contributed by atoms with Crippen molar-refractivity contribution in [3.05, 3.63) is 53.5 Å². The van der Waals surface area contributed by atoms with Crippen LogP contribution in [0.5, 0.6) is 5.75 Å². The minimum atomic E-state index is -0.00577. The molecule has 0 aliphatic carbocycles. The Morgan fingerprint density at radius 1 is 1.45 bits per heavy atom. The van der Waals surface area contributed by atoms with Gasteiger partial charge in [-0.1, -0.05) is 12.1 Å². The molecule has 1 fully saturated rings. The van der Waals surface area contributed by atoms with Crippen molar-refractivity contribution in [2.75, 3.05) is 13.7 Å². The van der Waals surface area contributed by atoms with Crippen LogP contribution in [0, 0.1) is 0 Å². The molecule has 1 aliphatic rings. The lowest BCUT2D eigenvalue weighted by Crippen LogP contribution is -2.30. The first kappa shape index (κ1) is 14.7. The van der Waals surface area contributed by atoms with E-state index in [-0.39, 0.29) is 11.9 Å². The van der Waals surface area contributed by atoms with E-state index in [1.54, 1.807) is 13.2 Å². The number of likely N-dealkylation sites (tertiary alicyclic amines) is 1. The summed E-state index contributed by atoms with van der Waals surface area (Å²) in [5, 5.41) is 0. The molecule has 1 aliphatic heterocycles. The third-order valence-corrected chi connectivity index (χ3v) is 4.09. The highest BCUT2D eigenvalue weighted by atomic mass is 16.5. The molecule has 5 nitrogen and oxygen atoms in total. The highest BCUT2D eigenvalue weighted by Gasteiger charge is 2.31. The highest BCUT2D eigenvalue weighted by molar-refractivity contribution is 5.94. The van der Waals surface area contributed by atoms with Gasteiger partial charge in [0, 0.05) is 6.54 Å². The Labute approximate surface area is 129 Å². The second-order valence-corrected chi connectivity index (χ2v) is 5.44. The Kier molecular flexibility index (Phi) is 4.15. The van der Waals surface area contributed by atoms with Crippen molar-refractivity contribution in [2.45, 2.75) is 25.4 Å². The average molecular weight is 300 g/mol. The number of carbonyl (C=O) groups excluding carboxylic acids is 1. The van der Waals surface area contributed by atoms with E-state index in [4.69, 9.17) is 14.9 Å². The van der Waals surface area contributed by atoms with Gasteiger partial charge in [-0.05, 0) is 36.6 Å². The number of rotatable bonds is 4. The Hall–Kier alpha value is -2.27. The smallest absolute Gasteiger partial charge is 0.257 e. The van der Waals surface area contributed by atoms with Crippen molar-refractivity contribution < 1.29 is 13.9 Å². The van der Waals surface area contributed by atoms with E-state index in [0.717, 1.165) is 30.7 Å². The molecule has 0 bridgehead atoms. The van der Waals surface area contributed by atoms with Gasteiger partial charge < -0.3 is 19.8 Å². The molecule has 116 valence electrons. The van der Waals surface area contributed by atoms with Crippen LogP contribution in [0.1, 0.15) is 40.6 Å². The zero-order valence-corrected chi connectivity index (χ0v) is 12.6. The molecular formula is C17H20N2O3. The molecule has 2 aromatic rings. The summed E-state index contributed by atoms with van der Waals surface area (Å²) in [6.07, 6.45) is 3.45. The first-order valence-electron chi connectivity index (χ1n) is 7.45. The fraction of sp³-hybridized carbons (Fsp3) is 0.353. The van der Waals surface area contributed by atoms with E-state index < -0.39 is 0 Å². The van der Waals surface area contributed by atoms with Crippen molar-refractivity contribution >= 4 is 5.91 Å². The number of nitrogens with two attached hydrogens (primary N) is 1. The maximum Gasteiger partial charge on any atom is 0.257 e. The van der Waals surface area contributed by atoms with Crippen LogP contribution >= 0.6 is 0 Å². The topological polar surface area (TPSA) is 68.7 Å². The molecule has 1 aromatic carbocycles. The van der Waals surface area contributed by atoms with Gasteiger partial charge in [-0.3, -0.25) is 4.79 Å². The van der Waals surface area contributed by atoms with Crippen LogP contribution < -0.4 is 10.5 Å². The summed E-state index contributed by atoms with van der Waals surface area (Å²) in [6.45, 7) is 1.05. The number of hydrogen-bond donors (Lipinski definition) is 1. The van der Waals surface area contributed by atoms with E-state index in [0.29, 0.717) is 17.9 Å². The minimum absolute atomic E-state index is 0.00577. The third-order valence-electron chi connectivity index (χ3n) is 4.09. The Balaban J connectivity index is 1.84. The summed E-state index contributed by atoms with van der Waals surface area (Å²) >= 11 is 0. The van der Waals surface area contributed by atoms with Gasteiger partial charge in [-0.25, -0.2) is 0 Å². The van der Waals surface area contributed by atoms with E-state index in [9.17, 15) is 4.79 Å². The van der Waals surface area contributed by atoms with Crippen LogP contribution in [-0.4, -0.2) is 24.5 Å². The Bertz CT molecular complexity index is 665.